The Morgan fingerprint density at radius 2 is 1.62 bits per heavy atom. The summed E-state index contributed by atoms with van der Waals surface area (Å²) in [6, 6.07) is 0. The lowest BCUT2D eigenvalue weighted by molar-refractivity contribution is -0.152. The Bertz CT molecular complexity index is 650. The highest BCUT2D eigenvalue weighted by molar-refractivity contribution is 6.11. The summed E-state index contributed by atoms with van der Waals surface area (Å²) in [5.74, 6) is -3.35. The first-order chi connectivity index (χ1) is 11.1. The molecule has 1 aliphatic heterocycles. The number of ether oxygens (including phenoxy) is 2. The largest absolute Gasteiger partial charge is 0.469 e. The molecule has 7 heteroatoms. The Morgan fingerprint density at radius 1 is 1.08 bits per heavy atom. The molecule has 0 saturated heterocycles. The summed E-state index contributed by atoms with van der Waals surface area (Å²) in [4.78, 5) is 49.9. The lowest BCUT2D eigenvalue weighted by Crippen LogP contribution is -2.67. The van der Waals surface area contributed by atoms with Gasteiger partial charge in [0.2, 0.25) is 0 Å². The Morgan fingerprint density at radius 3 is 2.04 bits per heavy atom. The van der Waals surface area contributed by atoms with Crippen LogP contribution in [0.25, 0.3) is 0 Å². The van der Waals surface area contributed by atoms with Gasteiger partial charge in [0.1, 0.15) is 17.0 Å². The molecule has 1 N–H and O–H groups in total. The molecule has 0 amide bonds. The minimum Gasteiger partial charge on any atom is -0.469 e. The number of hydrogen-bond acceptors (Lipinski definition) is 7. The SMILES string of the molecule is COC(=O)C1=C(C)NC2(C)C(C(=O)OC)CC1C2(C(C)=O)C(C)=O. The van der Waals surface area contributed by atoms with E-state index in [1.165, 1.54) is 28.1 Å². The standard InChI is InChI=1S/C17H23NO6/c1-8-13(15(22)24-6)11-7-12(14(21)23-5)16(4,18-8)17(11,9(2)19)10(3)20/h11-12,18H,7H2,1-6H3. The molecular formula is C17H23NO6. The summed E-state index contributed by atoms with van der Waals surface area (Å²) in [7, 11) is 2.51. The monoisotopic (exact) mass is 337 g/mol. The predicted octanol–water partition coefficient (Wildman–Crippen LogP) is 0.769. The van der Waals surface area contributed by atoms with Crippen molar-refractivity contribution in [1.82, 2.24) is 5.32 Å². The van der Waals surface area contributed by atoms with E-state index in [0.717, 1.165) is 0 Å². The molecule has 24 heavy (non-hydrogen) atoms. The van der Waals surface area contributed by atoms with Crippen molar-refractivity contribution in [2.75, 3.05) is 14.2 Å². The van der Waals surface area contributed by atoms with Crippen LogP contribution in [0.2, 0.25) is 0 Å². The summed E-state index contributed by atoms with van der Waals surface area (Å²) >= 11 is 0. The van der Waals surface area contributed by atoms with Crippen molar-refractivity contribution >= 4 is 23.5 Å². The van der Waals surface area contributed by atoms with Crippen LogP contribution >= 0.6 is 0 Å². The zero-order valence-electron chi connectivity index (χ0n) is 14.8. The van der Waals surface area contributed by atoms with Gasteiger partial charge in [-0.05, 0) is 34.1 Å². The van der Waals surface area contributed by atoms with Crippen LogP contribution in [0.1, 0.15) is 34.1 Å². The molecule has 7 nitrogen and oxygen atoms in total. The van der Waals surface area contributed by atoms with Gasteiger partial charge in [-0.15, -0.1) is 0 Å². The quantitative estimate of drug-likeness (QED) is 0.597. The van der Waals surface area contributed by atoms with Gasteiger partial charge < -0.3 is 14.8 Å². The molecule has 1 heterocycles. The van der Waals surface area contributed by atoms with Gasteiger partial charge in [-0.25, -0.2) is 4.79 Å². The molecule has 0 aromatic carbocycles. The first-order valence-corrected chi connectivity index (χ1v) is 7.76. The number of methoxy groups -OCH3 is 2. The molecule has 2 bridgehead atoms. The third kappa shape index (κ3) is 1.96. The van der Waals surface area contributed by atoms with Crippen LogP contribution in [0.4, 0.5) is 0 Å². The minimum absolute atomic E-state index is 0.164. The van der Waals surface area contributed by atoms with Crippen LogP contribution in [0, 0.1) is 17.3 Å². The first kappa shape index (κ1) is 18.2. The van der Waals surface area contributed by atoms with E-state index in [1.807, 2.05) is 0 Å². The van der Waals surface area contributed by atoms with Crippen LogP contribution in [-0.4, -0.2) is 43.3 Å². The number of Topliss-reactive ketones (excluding diaryl/α,β-unsaturated/α-hetero) is 2. The number of ketones is 2. The van der Waals surface area contributed by atoms with Crippen molar-refractivity contribution < 1.29 is 28.7 Å². The second-order valence-electron chi connectivity index (χ2n) is 6.64. The van der Waals surface area contributed by atoms with Gasteiger partial charge in [0.05, 0.1) is 31.2 Å². The highest BCUT2D eigenvalue weighted by atomic mass is 16.5. The van der Waals surface area contributed by atoms with Crippen LogP contribution in [0.3, 0.4) is 0 Å². The van der Waals surface area contributed by atoms with Gasteiger partial charge in [-0.1, -0.05) is 0 Å². The fraction of sp³-hybridized carbons (Fsp3) is 0.647. The van der Waals surface area contributed by atoms with Crippen molar-refractivity contribution in [3.8, 4) is 0 Å². The fourth-order valence-electron chi connectivity index (χ4n) is 4.87. The topological polar surface area (TPSA) is 98.8 Å². The maximum absolute atomic E-state index is 12.7. The van der Waals surface area contributed by atoms with Crippen molar-refractivity contribution in [1.29, 1.82) is 0 Å². The number of carbonyl (C=O) groups excluding carboxylic acids is 4. The molecule has 0 aromatic rings. The average Bonchev–Trinajstić information content (AvgIpc) is 2.69. The summed E-state index contributed by atoms with van der Waals surface area (Å²) in [6.07, 6.45) is 0.164. The van der Waals surface area contributed by atoms with E-state index in [9.17, 15) is 19.2 Å². The predicted molar refractivity (Wildman–Crippen MR) is 83.7 cm³/mol. The molecule has 132 valence electrons. The molecule has 0 spiro atoms. The summed E-state index contributed by atoms with van der Waals surface area (Å²) < 4.78 is 9.72. The third-order valence-electron chi connectivity index (χ3n) is 5.71. The zero-order chi connectivity index (χ0) is 18.4. The van der Waals surface area contributed by atoms with Gasteiger partial charge in [-0.3, -0.25) is 14.4 Å². The summed E-state index contributed by atoms with van der Waals surface area (Å²) in [5, 5.41) is 3.10. The minimum atomic E-state index is -1.52. The van der Waals surface area contributed by atoms with Gasteiger partial charge in [0, 0.05) is 11.6 Å². The van der Waals surface area contributed by atoms with Crippen molar-refractivity contribution in [2.24, 2.45) is 17.3 Å². The summed E-state index contributed by atoms with van der Waals surface area (Å²) in [5.41, 5.74) is -1.93. The van der Waals surface area contributed by atoms with E-state index in [2.05, 4.69) is 5.32 Å². The summed E-state index contributed by atoms with van der Waals surface area (Å²) in [6.45, 7) is 6.00. The number of nitrogens with one attached hydrogen (secondary N) is 1. The molecule has 1 saturated carbocycles. The molecule has 2 rings (SSSR count). The molecule has 2 aliphatic rings. The fourth-order valence-corrected chi connectivity index (χ4v) is 4.87. The Hall–Kier alpha value is -2.18. The highest BCUT2D eigenvalue weighted by Crippen LogP contribution is 2.60. The van der Waals surface area contributed by atoms with Gasteiger partial charge in [0.25, 0.3) is 0 Å². The van der Waals surface area contributed by atoms with E-state index >= 15 is 0 Å². The van der Waals surface area contributed by atoms with E-state index in [0.29, 0.717) is 5.70 Å². The molecule has 1 aliphatic carbocycles. The molecule has 3 atom stereocenters. The van der Waals surface area contributed by atoms with E-state index < -0.39 is 34.7 Å². The van der Waals surface area contributed by atoms with Gasteiger partial charge >= 0.3 is 11.9 Å². The van der Waals surface area contributed by atoms with E-state index in [4.69, 9.17) is 9.47 Å². The zero-order valence-corrected chi connectivity index (χ0v) is 14.8. The van der Waals surface area contributed by atoms with Crippen LogP contribution in [0.5, 0.6) is 0 Å². The van der Waals surface area contributed by atoms with Crippen LogP contribution in [-0.2, 0) is 28.7 Å². The molecule has 0 aromatic heterocycles. The smallest absolute Gasteiger partial charge is 0.335 e. The Labute approximate surface area is 140 Å². The molecule has 3 unspecified atom stereocenters. The van der Waals surface area contributed by atoms with Gasteiger partial charge in [0.15, 0.2) is 0 Å². The van der Waals surface area contributed by atoms with Gasteiger partial charge in [-0.2, -0.15) is 0 Å². The Kier molecular flexibility index (Phi) is 4.33. The maximum Gasteiger partial charge on any atom is 0.335 e. The van der Waals surface area contributed by atoms with Crippen LogP contribution in [0.15, 0.2) is 11.3 Å². The highest BCUT2D eigenvalue weighted by Gasteiger charge is 2.73. The number of allylic oxidation sites excluding steroid dienone is 1. The molecular weight excluding hydrogens is 314 g/mol. The number of carbonyl (C=O) groups is 4. The third-order valence-corrected chi connectivity index (χ3v) is 5.71. The van der Waals surface area contributed by atoms with E-state index in [1.54, 1.807) is 13.8 Å². The average molecular weight is 337 g/mol. The molecule has 1 fully saturated rings. The second kappa shape index (κ2) is 5.72. The van der Waals surface area contributed by atoms with Crippen molar-refractivity contribution in [3.63, 3.8) is 0 Å². The maximum atomic E-state index is 12.7. The lowest BCUT2D eigenvalue weighted by atomic mass is 9.58. The number of esters is 2. The Balaban J connectivity index is 2.80. The van der Waals surface area contributed by atoms with Crippen molar-refractivity contribution in [2.45, 2.75) is 39.7 Å². The second-order valence-corrected chi connectivity index (χ2v) is 6.64. The lowest BCUT2D eigenvalue weighted by Gasteiger charge is -2.49. The van der Waals surface area contributed by atoms with E-state index in [-0.39, 0.29) is 23.6 Å². The molecule has 0 radical (unpaired) electrons. The number of fused-ring (bicyclic) bond motifs is 2. The normalized spacial score (nSPS) is 30.4. The number of hydrogen-bond donors (Lipinski definition) is 1. The number of rotatable bonds is 4. The van der Waals surface area contributed by atoms with Crippen LogP contribution < -0.4 is 5.32 Å². The first-order valence-electron chi connectivity index (χ1n) is 7.76. The van der Waals surface area contributed by atoms with Crippen molar-refractivity contribution in [3.05, 3.63) is 11.3 Å².